The van der Waals surface area contributed by atoms with Gasteiger partial charge in [-0.2, -0.15) is 0 Å². The third kappa shape index (κ3) is 1.73. The lowest BCUT2D eigenvalue weighted by Gasteiger charge is -2.43. The Morgan fingerprint density at radius 1 is 1.05 bits per heavy atom. The van der Waals surface area contributed by atoms with Crippen LogP contribution in [0.15, 0.2) is 48.5 Å². The Kier molecular flexibility index (Phi) is 2.57. The molecule has 1 amide bonds. The molecule has 22 heavy (non-hydrogen) atoms. The number of hydrogen-bond donors (Lipinski definition) is 0. The molecule has 0 saturated carbocycles. The van der Waals surface area contributed by atoms with Gasteiger partial charge in [0.15, 0.2) is 0 Å². The molecule has 2 aromatic rings. The van der Waals surface area contributed by atoms with Gasteiger partial charge in [0.25, 0.3) is 5.91 Å². The van der Waals surface area contributed by atoms with Gasteiger partial charge in [0, 0.05) is 18.7 Å². The van der Waals surface area contributed by atoms with E-state index < -0.39 is 5.91 Å². The lowest BCUT2D eigenvalue weighted by atomic mass is 10.1. The minimum Gasteiger partial charge on any atom is -0.431 e. The Morgan fingerprint density at radius 2 is 1.82 bits per heavy atom. The van der Waals surface area contributed by atoms with E-state index in [9.17, 15) is 4.79 Å². The highest BCUT2D eigenvalue weighted by Gasteiger charge is 2.47. The molecule has 1 atom stereocenters. The Labute approximate surface area is 128 Å². The summed E-state index contributed by atoms with van der Waals surface area (Å²) in [5.41, 5.74) is 2.68. The SMILES string of the molecule is Cc1ccc2c(c1)C=C[C@]1(O2)Oc2ccccc2C(=O)N1C. The summed E-state index contributed by atoms with van der Waals surface area (Å²) in [4.78, 5) is 14.1. The zero-order valence-corrected chi connectivity index (χ0v) is 12.4. The van der Waals surface area contributed by atoms with E-state index in [-0.39, 0.29) is 5.91 Å². The minimum absolute atomic E-state index is 0.123. The fraction of sp³-hybridized carbons (Fsp3) is 0.167. The molecule has 2 aliphatic heterocycles. The molecule has 0 aliphatic carbocycles. The maximum absolute atomic E-state index is 12.6. The number of carbonyl (C=O) groups is 1. The molecule has 0 fully saturated rings. The predicted molar refractivity (Wildman–Crippen MR) is 82.7 cm³/mol. The maximum Gasteiger partial charge on any atom is 0.362 e. The lowest BCUT2D eigenvalue weighted by molar-refractivity contribution is -0.166. The number of aryl methyl sites for hydroxylation is 1. The van der Waals surface area contributed by atoms with Crippen LogP contribution in [-0.2, 0) is 0 Å². The van der Waals surface area contributed by atoms with Gasteiger partial charge in [-0.25, -0.2) is 0 Å². The van der Waals surface area contributed by atoms with Gasteiger partial charge in [-0.1, -0.05) is 23.8 Å². The molecule has 110 valence electrons. The minimum atomic E-state index is -1.23. The van der Waals surface area contributed by atoms with Crippen molar-refractivity contribution in [1.82, 2.24) is 4.90 Å². The van der Waals surface area contributed by atoms with Gasteiger partial charge in [-0.3, -0.25) is 9.69 Å². The fourth-order valence-electron chi connectivity index (χ4n) is 2.79. The summed E-state index contributed by atoms with van der Waals surface area (Å²) in [6.45, 7) is 2.03. The quantitative estimate of drug-likeness (QED) is 0.748. The molecule has 1 spiro atoms. The Balaban J connectivity index is 1.81. The molecule has 4 rings (SSSR count). The summed E-state index contributed by atoms with van der Waals surface area (Å²) in [7, 11) is 1.68. The van der Waals surface area contributed by atoms with Crippen LogP contribution in [0.5, 0.6) is 11.5 Å². The molecule has 2 aromatic carbocycles. The van der Waals surface area contributed by atoms with Crippen molar-refractivity contribution in [2.24, 2.45) is 0 Å². The van der Waals surface area contributed by atoms with Gasteiger partial charge in [0.05, 0.1) is 5.56 Å². The lowest BCUT2D eigenvalue weighted by Crippen LogP contribution is -2.60. The molecule has 0 N–H and O–H groups in total. The van der Waals surface area contributed by atoms with E-state index in [4.69, 9.17) is 9.47 Å². The Morgan fingerprint density at radius 3 is 2.68 bits per heavy atom. The van der Waals surface area contributed by atoms with Gasteiger partial charge in [0.1, 0.15) is 11.5 Å². The zero-order valence-electron chi connectivity index (χ0n) is 12.4. The number of likely N-dealkylation sites (N-methyl/N-ethyl adjacent to an activating group) is 1. The summed E-state index contributed by atoms with van der Waals surface area (Å²) in [5, 5.41) is 0. The van der Waals surface area contributed by atoms with Crippen LogP contribution in [0.25, 0.3) is 6.08 Å². The van der Waals surface area contributed by atoms with Gasteiger partial charge < -0.3 is 9.47 Å². The van der Waals surface area contributed by atoms with Crippen molar-refractivity contribution in [2.45, 2.75) is 12.8 Å². The molecular formula is C18H15NO3. The Bertz CT molecular complexity index is 812. The molecule has 4 heteroatoms. The van der Waals surface area contributed by atoms with Gasteiger partial charge in [-0.05, 0) is 37.3 Å². The van der Waals surface area contributed by atoms with Gasteiger partial charge in [0.2, 0.25) is 0 Å². The molecule has 2 aliphatic rings. The van der Waals surface area contributed by atoms with Gasteiger partial charge >= 0.3 is 5.91 Å². The number of benzene rings is 2. The monoisotopic (exact) mass is 293 g/mol. The number of amides is 1. The second kappa shape index (κ2) is 4.37. The third-order valence-electron chi connectivity index (χ3n) is 4.04. The number of para-hydroxylation sites is 1. The number of hydrogen-bond acceptors (Lipinski definition) is 3. The van der Waals surface area contributed by atoms with Crippen LogP contribution in [-0.4, -0.2) is 23.8 Å². The van der Waals surface area contributed by atoms with E-state index in [1.54, 1.807) is 25.3 Å². The average molecular weight is 293 g/mol. The Hall–Kier alpha value is -2.75. The first-order chi connectivity index (χ1) is 10.6. The highest BCUT2D eigenvalue weighted by molar-refractivity contribution is 5.98. The predicted octanol–water partition coefficient (Wildman–Crippen LogP) is 3.22. The van der Waals surface area contributed by atoms with Crippen LogP contribution < -0.4 is 9.47 Å². The average Bonchev–Trinajstić information content (AvgIpc) is 2.53. The van der Waals surface area contributed by atoms with Crippen molar-refractivity contribution in [3.63, 3.8) is 0 Å². The summed E-state index contributed by atoms with van der Waals surface area (Å²) in [6.07, 6.45) is 3.71. The molecule has 2 heterocycles. The summed E-state index contributed by atoms with van der Waals surface area (Å²) < 4.78 is 12.1. The van der Waals surface area contributed by atoms with Crippen molar-refractivity contribution in [2.75, 3.05) is 7.05 Å². The maximum atomic E-state index is 12.6. The summed E-state index contributed by atoms with van der Waals surface area (Å²) in [6, 6.07) is 13.1. The first kappa shape index (κ1) is 13.0. The standard InChI is InChI=1S/C18H15NO3/c1-12-7-8-15-13(11-12)9-10-18(21-15)19(2)17(20)14-5-3-4-6-16(14)22-18/h3-11H,1-2H3/t18-/m0/s1. The highest BCUT2D eigenvalue weighted by atomic mass is 16.7. The first-order valence-corrected chi connectivity index (χ1v) is 7.14. The number of carbonyl (C=O) groups excluding carboxylic acids is 1. The van der Waals surface area contributed by atoms with Crippen LogP contribution in [0, 0.1) is 6.92 Å². The van der Waals surface area contributed by atoms with Crippen LogP contribution >= 0.6 is 0 Å². The number of nitrogens with zero attached hydrogens (tertiary/aromatic N) is 1. The molecule has 4 nitrogen and oxygen atoms in total. The van der Waals surface area contributed by atoms with Crippen LogP contribution in [0.1, 0.15) is 21.5 Å². The van der Waals surface area contributed by atoms with Gasteiger partial charge in [-0.15, -0.1) is 0 Å². The van der Waals surface area contributed by atoms with Crippen LogP contribution in [0.4, 0.5) is 0 Å². The van der Waals surface area contributed by atoms with Crippen molar-refractivity contribution < 1.29 is 14.3 Å². The van der Waals surface area contributed by atoms with Crippen molar-refractivity contribution in [3.05, 3.63) is 65.2 Å². The number of fused-ring (bicyclic) bond motifs is 2. The zero-order chi connectivity index (χ0) is 15.3. The van der Waals surface area contributed by atoms with E-state index in [1.807, 2.05) is 43.3 Å². The molecule has 0 radical (unpaired) electrons. The van der Waals surface area contributed by atoms with E-state index in [0.717, 1.165) is 11.1 Å². The molecule has 0 bridgehead atoms. The normalized spacial score (nSPS) is 21.9. The summed E-state index contributed by atoms with van der Waals surface area (Å²) >= 11 is 0. The number of ether oxygens (including phenoxy) is 2. The highest BCUT2D eigenvalue weighted by Crippen LogP contribution is 2.39. The van der Waals surface area contributed by atoms with Crippen molar-refractivity contribution in [1.29, 1.82) is 0 Å². The molecular weight excluding hydrogens is 278 g/mol. The van der Waals surface area contributed by atoms with E-state index >= 15 is 0 Å². The molecule has 0 aromatic heterocycles. The number of rotatable bonds is 0. The van der Waals surface area contributed by atoms with E-state index in [2.05, 4.69) is 0 Å². The fourth-order valence-corrected chi connectivity index (χ4v) is 2.79. The molecule has 0 unspecified atom stereocenters. The van der Waals surface area contributed by atoms with Crippen LogP contribution in [0.2, 0.25) is 0 Å². The summed E-state index contributed by atoms with van der Waals surface area (Å²) in [5.74, 6) is -0.117. The van der Waals surface area contributed by atoms with E-state index in [1.165, 1.54) is 4.90 Å². The van der Waals surface area contributed by atoms with Crippen molar-refractivity contribution >= 4 is 12.0 Å². The second-order valence-electron chi connectivity index (χ2n) is 5.57. The largest absolute Gasteiger partial charge is 0.431 e. The van der Waals surface area contributed by atoms with E-state index in [0.29, 0.717) is 17.1 Å². The molecule has 0 saturated heterocycles. The van der Waals surface area contributed by atoms with Crippen molar-refractivity contribution in [3.8, 4) is 11.5 Å². The third-order valence-corrected chi connectivity index (χ3v) is 4.04. The second-order valence-corrected chi connectivity index (χ2v) is 5.57. The topological polar surface area (TPSA) is 38.8 Å². The van der Waals surface area contributed by atoms with Crippen LogP contribution in [0.3, 0.4) is 0 Å². The first-order valence-electron chi connectivity index (χ1n) is 7.14. The smallest absolute Gasteiger partial charge is 0.362 e.